The van der Waals surface area contributed by atoms with E-state index in [4.69, 9.17) is 0 Å². The van der Waals surface area contributed by atoms with Crippen molar-refractivity contribution in [2.45, 2.75) is 44.7 Å². The van der Waals surface area contributed by atoms with E-state index in [0.717, 1.165) is 31.2 Å². The third-order valence-corrected chi connectivity index (χ3v) is 4.82. The van der Waals surface area contributed by atoms with Gasteiger partial charge in [0.1, 0.15) is 18.4 Å². The van der Waals surface area contributed by atoms with E-state index in [1.165, 1.54) is 21.9 Å². The van der Waals surface area contributed by atoms with E-state index < -0.39 is 0 Å². The van der Waals surface area contributed by atoms with Gasteiger partial charge in [-0.15, -0.1) is 0 Å². The van der Waals surface area contributed by atoms with Gasteiger partial charge in [0, 0.05) is 11.6 Å². The van der Waals surface area contributed by atoms with Crippen LogP contribution in [0.1, 0.15) is 32.1 Å². The van der Waals surface area contributed by atoms with Crippen molar-refractivity contribution in [3.8, 4) is 11.3 Å². The molecule has 0 spiro atoms. The third kappa shape index (κ3) is 3.37. The second-order valence-electron chi connectivity index (χ2n) is 6.72. The molecule has 3 aromatic rings. The highest BCUT2D eigenvalue weighted by Gasteiger charge is 2.17. The first-order chi connectivity index (χ1) is 12.7. The van der Waals surface area contributed by atoms with E-state index in [1.54, 1.807) is 6.07 Å². The molecule has 4 rings (SSSR count). The predicted molar refractivity (Wildman–Crippen MR) is 97.7 cm³/mol. The van der Waals surface area contributed by atoms with Crippen LogP contribution in [0.5, 0.6) is 0 Å². The standard InChI is InChI=1S/C19H21N5O2/c25-18(21-15-9-5-2-6-10-15)12-23-19(26)17-11-16(22-24(17)13-20-23)14-7-3-1-4-8-14/h1,3-4,7-8,11,13,15H,2,5-6,9-10,12H2,(H,21,25). The number of fused-ring (bicyclic) bond motifs is 1. The predicted octanol–water partition coefficient (Wildman–Crippen LogP) is 2.01. The Morgan fingerprint density at radius 3 is 2.69 bits per heavy atom. The number of rotatable bonds is 4. The normalized spacial score (nSPS) is 15.2. The zero-order valence-corrected chi connectivity index (χ0v) is 14.5. The number of nitrogens with zero attached hydrogens (tertiary/aromatic N) is 4. The third-order valence-electron chi connectivity index (χ3n) is 4.82. The van der Waals surface area contributed by atoms with Gasteiger partial charge in [0.2, 0.25) is 5.91 Å². The van der Waals surface area contributed by atoms with Crippen LogP contribution >= 0.6 is 0 Å². The van der Waals surface area contributed by atoms with E-state index in [-0.39, 0.29) is 24.1 Å². The second-order valence-corrected chi connectivity index (χ2v) is 6.72. The summed E-state index contributed by atoms with van der Waals surface area (Å²) in [5.74, 6) is -0.168. The molecule has 7 heteroatoms. The van der Waals surface area contributed by atoms with Crippen LogP contribution in [0, 0.1) is 0 Å². The first kappa shape index (κ1) is 16.5. The van der Waals surface area contributed by atoms with E-state index in [2.05, 4.69) is 15.5 Å². The molecule has 1 N–H and O–H groups in total. The molecule has 0 saturated heterocycles. The van der Waals surface area contributed by atoms with Crippen LogP contribution < -0.4 is 10.9 Å². The molecule has 1 aromatic carbocycles. The van der Waals surface area contributed by atoms with Gasteiger partial charge in [-0.2, -0.15) is 10.2 Å². The summed E-state index contributed by atoms with van der Waals surface area (Å²) in [7, 11) is 0. The average Bonchev–Trinajstić information content (AvgIpc) is 3.11. The summed E-state index contributed by atoms with van der Waals surface area (Å²) in [6, 6.07) is 11.6. The second kappa shape index (κ2) is 7.11. The first-order valence-electron chi connectivity index (χ1n) is 9.01. The van der Waals surface area contributed by atoms with Crippen molar-refractivity contribution >= 4 is 11.4 Å². The Morgan fingerprint density at radius 1 is 1.15 bits per heavy atom. The summed E-state index contributed by atoms with van der Waals surface area (Å²) >= 11 is 0. The van der Waals surface area contributed by atoms with Crippen LogP contribution in [0.25, 0.3) is 16.8 Å². The molecule has 2 aromatic heterocycles. The Balaban J connectivity index is 1.55. The summed E-state index contributed by atoms with van der Waals surface area (Å²) in [6.45, 7) is -0.0717. The zero-order valence-electron chi connectivity index (χ0n) is 14.5. The van der Waals surface area contributed by atoms with Gasteiger partial charge in [-0.1, -0.05) is 49.6 Å². The molecular formula is C19H21N5O2. The Kier molecular flexibility index (Phi) is 4.51. The van der Waals surface area contributed by atoms with Crippen LogP contribution in [0.2, 0.25) is 0 Å². The molecule has 1 aliphatic rings. The summed E-state index contributed by atoms with van der Waals surface area (Å²) < 4.78 is 2.66. The first-order valence-corrected chi connectivity index (χ1v) is 9.01. The highest BCUT2D eigenvalue weighted by atomic mass is 16.2. The summed E-state index contributed by atoms with van der Waals surface area (Å²) in [5.41, 5.74) is 1.72. The van der Waals surface area contributed by atoms with Gasteiger partial charge in [0.05, 0.1) is 5.69 Å². The number of hydrogen-bond acceptors (Lipinski definition) is 4. The molecule has 1 fully saturated rings. The number of amides is 1. The maximum absolute atomic E-state index is 12.7. The molecule has 0 aliphatic heterocycles. The van der Waals surface area contributed by atoms with Crippen molar-refractivity contribution in [1.82, 2.24) is 24.7 Å². The SMILES string of the molecule is O=C(Cn1ncn2nc(-c3ccccc3)cc2c1=O)NC1CCCCC1. The lowest BCUT2D eigenvalue weighted by atomic mass is 9.95. The van der Waals surface area contributed by atoms with Crippen LogP contribution in [0.15, 0.2) is 47.5 Å². The fourth-order valence-corrected chi connectivity index (χ4v) is 3.46. The lowest BCUT2D eigenvalue weighted by Gasteiger charge is -2.22. The van der Waals surface area contributed by atoms with Gasteiger partial charge in [-0.25, -0.2) is 9.20 Å². The van der Waals surface area contributed by atoms with E-state index in [0.29, 0.717) is 11.2 Å². The lowest BCUT2D eigenvalue weighted by molar-refractivity contribution is -0.122. The number of nitrogens with one attached hydrogen (secondary N) is 1. The maximum atomic E-state index is 12.7. The summed E-state index contributed by atoms with van der Waals surface area (Å²) in [4.78, 5) is 24.9. The highest BCUT2D eigenvalue weighted by Crippen LogP contribution is 2.18. The number of carbonyl (C=O) groups is 1. The number of benzene rings is 1. The van der Waals surface area contributed by atoms with Gasteiger partial charge in [0.15, 0.2) is 0 Å². The van der Waals surface area contributed by atoms with E-state index >= 15 is 0 Å². The summed E-state index contributed by atoms with van der Waals surface area (Å²) in [5, 5.41) is 11.5. The zero-order chi connectivity index (χ0) is 17.9. The van der Waals surface area contributed by atoms with Crippen LogP contribution in [0.4, 0.5) is 0 Å². The van der Waals surface area contributed by atoms with Crippen LogP contribution in [-0.2, 0) is 11.3 Å². The molecule has 1 saturated carbocycles. The molecule has 0 unspecified atom stereocenters. The molecule has 1 aliphatic carbocycles. The van der Waals surface area contributed by atoms with Gasteiger partial charge < -0.3 is 5.32 Å². The van der Waals surface area contributed by atoms with Gasteiger partial charge in [-0.3, -0.25) is 9.59 Å². The Morgan fingerprint density at radius 2 is 1.92 bits per heavy atom. The minimum atomic E-state index is -0.319. The Bertz CT molecular complexity index is 971. The molecule has 1 amide bonds. The van der Waals surface area contributed by atoms with Crippen LogP contribution in [-0.4, -0.2) is 31.3 Å². The monoisotopic (exact) mass is 351 g/mol. The van der Waals surface area contributed by atoms with E-state index in [9.17, 15) is 9.59 Å². The molecular weight excluding hydrogens is 330 g/mol. The molecule has 0 radical (unpaired) electrons. The minimum absolute atomic E-state index is 0.0717. The Hall–Kier alpha value is -2.96. The number of carbonyl (C=O) groups excluding carboxylic acids is 1. The van der Waals surface area contributed by atoms with Crippen LogP contribution in [0.3, 0.4) is 0 Å². The smallest absolute Gasteiger partial charge is 0.293 e. The van der Waals surface area contributed by atoms with Crippen molar-refractivity contribution < 1.29 is 4.79 Å². The average molecular weight is 351 g/mol. The molecule has 2 heterocycles. The lowest BCUT2D eigenvalue weighted by Crippen LogP contribution is -2.40. The summed E-state index contributed by atoms with van der Waals surface area (Å²) in [6.07, 6.45) is 7.01. The minimum Gasteiger partial charge on any atom is -0.352 e. The largest absolute Gasteiger partial charge is 0.352 e. The molecule has 7 nitrogen and oxygen atoms in total. The number of hydrogen-bond donors (Lipinski definition) is 1. The fraction of sp³-hybridized carbons (Fsp3) is 0.368. The molecule has 26 heavy (non-hydrogen) atoms. The molecule has 0 atom stereocenters. The quantitative estimate of drug-likeness (QED) is 0.780. The topological polar surface area (TPSA) is 81.3 Å². The molecule has 134 valence electrons. The van der Waals surface area contributed by atoms with Crippen molar-refractivity contribution in [1.29, 1.82) is 0 Å². The van der Waals surface area contributed by atoms with Gasteiger partial charge in [0.25, 0.3) is 5.56 Å². The van der Waals surface area contributed by atoms with Gasteiger partial charge in [-0.05, 0) is 18.9 Å². The number of aromatic nitrogens is 4. The highest BCUT2D eigenvalue weighted by molar-refractivity contribution is 5.76. The maximum Gasteiger partial charge on any atom is 0.293 e. The van der Waals surface area contributed by atoms with Crippen molar-refractivity contribution in [3.63, 3.8) is 0 Å². The van der Waals surface area contributed by atoms with Gasteiger partial charge >= 0.3 is 0 Å². The van der Waals surface area contributed by atoms with Crippen molar-refractivity contribution in [3.05, 3.63) is 53.1 Å². The van der Waals surface area contributed by atoms with Crippen molar-refractivity contribution in [2.24, 2.45) is 0 Å². The van der Waals surface area contributed by atoms with E-state index in [1.807, 2.05) is 30.3 Å². The molecule has 0 bridgehead atoms. The van der Waals surface area contributed by atoms with Crippen molar-refractivity contribution in [2.75, 3.05) is 0 Å². The fourth-order valence-electron chi connectivity index (χ4n) is 3.46. The Labute approximate surface area is 150 Å².